The molecule has 0 aromatic carbocycles. The number of hydrogen-bond donors (Lipinski definition) is 10. The molecule has 0 fully saturated rings. The van der Waals surface area contributed by atoms with Crippen LogP contribution in [0.4, 0.5) is 38.4 Å². The first-order valence-corrected chi connectivity index (χ1v) is 48.9. The number of nitrogens with two attached hydrogens (primary N) is 1. The SMILES string of the molecule is C=CCOC(=O)CN.C=CCOC(=O)CN(C[C@@H](C)CCCCNC(=O)OC(C)(C)C)C(=O)OC(C)(C)C.C=CCOC(=O)CNC[C@@H](C)CCCCNC(=O)OC(C)(C)C.CON(C)C(=O)[C@@H](C)CCCCNC(=O)OC(C)(C)C.C[C@@H](CCCCNC(=O)OC(C)(C)C)C(=O)O.C[C@@H](CCCCNC(=O)OC(C)(C)C)CN(CC(=O)O)C(=O)OC(C)(C)C.C[C@H](C=O)CCCCNC(=O)OC(C)(C)C. The molecule has 40 nitrogen and oxygen atoms in total. The zero-order valence-electron chi connectivity index (χ0n) is 92.3. The summed E-state index contributed by atoms with van der Waals surface area (Å²) in [5.74, 6) is -2.63. The summed E-state index contributed by atoms with van der Waals surface area (Å²) < 4.78 is 55.8. The first-order valence-electron chi connectivity index (χ1n) is 48.9. The number of nitrogens with one attached hydrogen (secondary N) is 7. The van der Waals surface area contributed by atoms with Gasteiger partial charge in [-0.1, -0.05) is 118 Å². The van der Waals surface area contributed by atoms with Crippen LogP contribution in [0.2, 0.25) is 0 Å². The summed E-state index contributed by atoms with van der Waals surface area (Å²) in [5, 5.41) is 38.2. The summed E-state index contributed by atoms with van der Waals surface area (Å²) in [5.41, 5.74) is 0.664. The molecule has 0 aliphatic heterocycles. The molecule has 40 heteroatoms. The van der Waals surface area contributed by atoms with Gasteiger partial charge in [-0.25, -0.2) is 43.4 Å². The van der Waals surface area contributed by atoms with Gasteiger partial charge in [-0.2, -0.15) is 0 Å². The Bertz CT molecular complexity index is 3510. The molecule has 0 unspecified atom stereocenters. The number of unbranched alkanes of at least 4 members (excludes halogenated alkanes) is 6. The van der Waals surface area contributed by atoms with Crippen LogP contribution in [0, 0.1) is 35.5 Å². The Hall–Kier alpha value is -10.2. The fraction of sp³-hybridized carbons (Fsp3) is 0.792. The molecule has 824 valence electrons. The van der Waals surface area contributed by atoms with E-state index in [-0.39, 0.29) is 99.7 Å². The Labute approximate surface area is 844 Å². The first-order chi connectivity index (χ1) is 64.7. The average Bonchev–Trinajstić information content (AvgIpc) is 0.882. The van der Waals surface area contributed by atoms with Gasteiger partial charge in [-0.05, 0) is 268 Å². The van der Waals surface area contributed by atoms with Gasteiger partial charge in [0.1, 0.15) is 84.0 Å². The van der Waals surface area contributed by atoms with E-state index in [1.807, 2.05) is 132 Å². The monoisotopic (exact) mass is 2020 g/mol. The van der Waals surface area contributed by atoms with Crippen molar-refractivity contribution in [3.05, 3.63) is 38.0 Å². The molecule has 0 aliphatic carbocycles. The van der Waals surface area contributed by atoms with Crippen LogP contribution in [-0.4, -0.2) is 280 Å². The molecule has 0 aliphatic rings. The van der Waals surface area contributed by atoms with Crippen molar-refractivity contribution in [2.45, 2.75) is 368 Å². The van der Waals surface area contributed by atoms with Crippen LogP contribution in [0.3, 0.4) is 0 Å². The van der Waals surface area contributed by atoms with Gasteiger partial charge in [0.2, 0.25) is 5.91 Å². The summed E-state index contributed by atoms with van der Waals surface area (Å²) in [6, 6.07) is 0. The second-order valence-corrected chi connectivity index (χ2v) is 42.0. The second-order valence-electron chi connectivity index (χ2n) is 42.0. The van der Waals surface area contributed by atoms with E-state index in [1.54, 1.807) is 82.4 Å². The summed E-state index contributed by atoms with van der Waals surface area (Å²) in [6.07, 6.45) is 17.0. The fourth-order valence-corrected chi connectivity index (χ4v) is 10.8. The maximum atomic E-state index is 12.5. The van der Waals surface area contributed by atoms with E-state index >= 15 is 0 Å². The Balaban J connectivity index is -0.000000304. The van der Waals surface area contributed by atoms with Gasteiger partial charge in [0.15, 0.2) is 0 Å². The zero-order chi connectivity index (χ0) is 111. The highest BCUT2D eigenvalue weighted by Gasteiger charge is 2.30. The molecule has 0 bridgehead atoms. The molecule has 11 N–H and O–H groups in total. The number of ether oxygens (including phenoxy) is 11. The van der Waals surface area contributed by atoms with E-state index in [0.717, 1.165) is 122 Å². The molecule has 0 spiro atoms. The van der Waals surface area contributed by atoms with Gasteiger partial charge >= 0.3 is 78.6 Å². The average molecular weight is 2020 g/mol. The molecule has 0 saturated heterocycles. The number of esters is 3. The Morgan fingerprint density at radius 2 is 0.617 bits per heavy atom. The Morgan fingerprint density at radius 3 is 0.879 bits per heavy atom. The number of amides is 9. The summed E-state index contributed by atoms with van der Waals surface area (Å²) in [7, 11) is 3.07. The molecular formula is C101H191N11O29. The van der Waals surface area contributed by atoms with E-state index in [2.05, 4.69) is 68.6 Å². The fourth-order valence-electron chi connectivity index (χ4n) is 10.8. The van der Waals surface area contributed by atoms with Crippen molar-refractivity contribution < 1.29 is 139 Å². The van der Waals surface area contributed by atoms with Gasteiger partial charge < -0.3 is 110 Å². The van der Waals surface area contributed by atoms with Crippen LogP contribution in [0.1, 0.15) is 323 Å². The van der Waals surface area contributed by atoms with E-state index < -0.39 is 105 Å². The number of carboxylic acid groups (broad SMARTS) is 2. The lowest BCUT2D eigenvalue weighted by Gasteiger charge is -2.28. The number of aliphatic carboxylic acids is 2. The number of carbonyl (C=O) groups excluding carboxylic acids is 13. The number of hydrogen-bond acceptors (Lipinski definition) is 29. The normalized spacial score (nSPS) is 12.4. The lowest BCUT2D eigenvalue weighted by Crippen LogP contribution is -2.42. The van der Waals surface area contributed by atoms with Gasteiger partial charge in [0.05, 0.1) is 26.1 Å². The highest BCUT2D eigenvalue weighted by atomic mass is 16.7. The molecule has 0 rings (SSSR count). The van der Waals surface area contributed by atoms with Crippen LogP contribution in [0.25, 0.3) is 0 Å². The molecule has 0 radical (unpaired) electrons. The second kappa shape index (κ2) is 80.2. The van der Waals surface area contributed by atoms with Crippen molar-refractivity contribution in [1.82, 2.24) is 52.1 Å². The largest absolute Gasteiger partial charge is 0.481 e. The lowest BCUT2D eigenvalue weighted by molar-refractivity contribution is -0.173. The standard InChI is InChI=1S/C22H40N2O6.C19H36N2O6.C17H32N2O4.C14H28N2O4.C12H23NO4.C12H23NO3.C5H9NO2/c1-9-14-28-18(25)16-24(20(27)30-22(6,7)8)15-17(2)12-10-11-13-23-19(26)29-21(3,4)5;1-14(10-8-9-11-20-16(24)26-18(2,3)4)12-21(13-15(22)23)17(25)27-19(5,6)7;1-6-11-22-15(20)13-18-12-14(2)9-7-8-10-19-16(21)23-17(3,4)5;1-11(12(17)16(5)19-6)9-7-8-10-15-13(18)20-14(2,3)4;1-9(10(14)15)7-5-6-8-13-11(16)17-12(2,3)4;1-10(9-14)7-5-6-8-13-11(15)16-12(2,3)4;1-2-3-8-5(7)4-6/h9,17H,1,10-16H2,2-8H3,(H,23,26);14H,8-13H2,1-7H3,(H,20,24)(H,22,23);6,14,18H,1,7-13H2,2-5H3,(H,19,21);11H,7-10H2,1-6H3,(H,15,18);9H,5-8H2,1-4H3,(H,13,16)(H,14,15);9-10H,5-8H2,1-4H3,(H,13,15);2H,1,3-4,6H2/t17-;2*14-;11-;9-;10-;/m000000./s1. The van der Waals surface area contributed by atoms with E-state index in [0.29, 0.717) is 64.7 Å². The molecule has 0 saturated carbocycles. The first kappa shape index (κ1) is 144. The molecule has 9 amide bonds. The van der Waals surface area contributed by atoms with Crippen LogP contribution in [0.5, 0.6) is 0 Å². The van der Waals surface area contributed by atoms with E-state index in [1.165, 1.54) is 34.1 Å². The van der Waals surface area contributed by atoms with Crippen molar-refractivity contribution in [3.8, 4) is 0 Å². The number of carboxylic acids is 2. The van der Waals surface area contributed by atoms with E-state index in [4.69, 9.17) is 68.2 Å². The number of rotatable bonds is 53. The number of aldehydes is 1. The molecule has 6 atom stereocenters. The van der Waals surface area contributed by atoms with Gasteiger partial charge in [-0.15, -0.1) is 0 Å². The Kier molecular flexibility index (Phi) is 81.8. The minimum absolute atomic E-state index is 0.0346. The predicted molar refractivity (Wildman–Crippen MR) is 546 cm³/mol. The van der Waals surface area contributed by atoms with Crippen molar-refractivity contribution in [3.63, 3.8) is 0 Å². The summed E-state index contributed by atoms with van der Waals surface area (Å²) in [6.45, 7) is 70.2. The highest BCUT2D eigenvalue weighted by molar-refractivity contribution is 5.79. The summed E-state index contributed by atoms with van der Waals surface area (Å²) in [4.78, 5) is 178. The smallest absolute Gasteiger partial charge is 0.410 e. The molecular weight excluding hydrogens is 1830 g/mol. The lowest BCUT2D eigenvalue weighted by atomic mass is 10.0. The van der Waals surface area contributed by atoms with Crippen molar-refractivity contribution in [2.24, 2.45) is 41.2 Å². The van der Waals surface area contributed by atoms with E-state index in [9.17, 15) is 71.9 Å². The van der Waals surface area contributed by atoms with Gasteiger partial charge in [0, 0.05) is 71.2 Å². The topological polar surface area (TPSA) is 527 Å². The van der Waals surface area contributed by atoms with Crippen LogP contribution in [-0.2, 0) is 90.5 Å². The third-order valence-corrected chi connectivity index (χ3v) is 17.3. The molecule has 0 aromatic heterocycles. The minimum Gasteiger partial charge on any atom is -0.481 e. The summed E-state index contributed by atoms with van der Waals surface area (Å²) >= 11 is 0. The van der Waals surface area contributed by atoms with Crippen molar-refractivity contribution in [2.75, 3.05) is 119 Å². The van der Waals surface area contributed by atoms with Crippen molar-refractivity contribution in [1.29, 1.82) is 0 Å². The zero-order valence-corrected chi connectivity index (χ0v) is 92.3. The molecule has 0 aromatic rings. The highest BCUT2D eigenvalue weighted by Crippen LogP contribution is 2.20. The van der Waals surface area contributed by atoms with Crippen molar-refractivity contribution >= 4 is 90.8 Å². The van der Waals surface area contributed by atoms with Gasteiger partial charge in [0.25, 0.3) is 0 Å². The minimum atomic E-state index is -1.07. The third-order valence-electron chi connectivity index (χ3n) is 17.3. The molecule has 141 heavy (non-hydrogen) atoms. The number of carbonyl (C=O) groups is 15. The van der Waals surface area contributed by atoms with Crippen LogP contribution >= 0.6 is 0 Å². The maximum Gasteiger partial charge on any atom is 0.410 e. The van der Waals surface area contributed by atoms with Crippen LogP contribution < -0.4 is 43.0 Å². The third kappa shape index (κ3) is 112. The van der Waals surface area contributed by atoms with Crippen LogP contribution in [0.15, 0.2) is 38.0 Å². The maximum absolute atomic E-state index is 12.5. The number of alkyl carbamates (subject to hydrolysis) is 6. The number of nitrogens with zero attached hydrogens (tertiary/aromatic N) is 3. The van der Waals surface area contributed by atoms with Gasteiger partial charge in [-0.3, -0.25) is 43.4 Å². The predicted octanol–water partition coefficient (Wildman–Crippen LogP) is 17.5. The quantitative estimate of drug-likeness (QED) is 0.00675. The molecule has 0 heterocycles. The Morgan fingerprint density at radius 1 is 0.355 bits per heavy atom. The number of hydroxylamine groups is 2.